The van der Waals surface area contributed by atoms with Crippen molar-refractivity contribution in [2.45, 2.75) is 19.4 Å². The largest absolute Gasteiger partial charge is 0.468 e. The number of imidazole rings is 1. The first-order chi connectivity index (χ1) is 13.7. The molecule has 0 aliphatic carbocycles. The SMILES string of the molecule is NC(=O)CCn1c2ccc(-n3ccnc3)cc2c2ccc(CCOC=O)cc21. The van der Waals surface area contributed by atoms with Gasteiger partial charge in [0.15, 0.2) is 0 Å². The monoisotopic (exact) mass is 376 g/mol. The number of primary amides is 1. The molecule has 142 valence electrons. The Morgan fingerprint density at radius 2 is 2.04 bits per heavy atom. The van der Waals surface area contributed by atoms with Gasteiger partial charge in [-0.3, -0.25) is 9.59 Å². The second-order valence-corrected chi connectivity index (χ2v) is 6.61. The Hall–Kier alpha value is -3.61. The van der Waals surface area contributed by atoms with Gasteiger partial charge in [-0.05, 0) is 29.8 Å². The van der Waals surface area contributed by atoms with Gasteiger partial charge < -0.3 is 19.6 Å². The lowest BCUT2D eigenvalue weighted by Gasteiger charge is -2.08. The highest BCUT2D eigenvalue weighted by atomic mass is 16.5. The van der Waals surface area contributed by atoms with E-state index in [2.05, 4.69) is 33.8 Å². The molecule has 2 N–H and O–H groups in total. The summed E-state index contributed by atoms with van der Waals surface area (Å²) in [6.07, 6.45) is 6.30. The second-order valence-electron chi connectivity index (χ2n) is 6.61. The van der Waals surface area contributed by atoms with Gasteiger partial charge in [0.1, 0.15) is 0 Å². The Morgan fingerprint density at radius 3 is 2.79 bits per heavy atom. The van der Waals surface area contributed by atoms with Crippen LogP contribution in [-0.2, 0) is 27.3 Å². The molecule has 0 bridgehead atoms. The third-order valence-corrected chi connectivity index (χ3v) is 4.88. The number of hydrogen-bond donors (Lipinski definition) is 1. The smallest absolute Gasteiger partial charge is 0.293 e. The third-order valence-electron chi connectivity index (χ3n) is 4.88. The summed E-state index contributed by atoms with van der Waals surface area (Å²) >= 11 is 0. The zero-order valence-electron chi connectivity index (χ0n) is 15.2. The lowest BCUT2D eigenvalue weighted by molar-refractivity contribution is -0.128. The Bertz CT molecular complexity index is 1150. The quantitative estimate of drug-likeness (QED) is 0.378. The molecular formula is C21H20N4O3. The number of nitrogens with zero attached hydrogens (tertiary/aromatic N) is 3. The van der Waals surface area contributed by atoms with E-state index in [1.165, 1.54) is 0 Å². The van der Waals surface area contributed by atoms with Gasteiger partial charge in [-0.2, -0.15) is 0 Å². The molecule has 7 nitrogen and oxygen atoms in total. The highest BCUT2D eigenvalue weighted by Crippen LogP contribution is 2.31. The van der Waals surface area contributed by atoms with E-state index in [4.69, 9.17) is 10.5 Å². The van der Waals surface area contributed by atoms with E-state index < -0.39 is 0 Å². The molecule has 2 aromatic heterocycles. The van der Waals surface area contributed by atoms with Crippen molar-refractivity contribution in [1.29, 1.82) is 0 Å². The first kappa shape index (κ1) is 17.8. The van der Waals surface area contributed by atoms with Crippen LogP contribution in [0.3, 0.4) is 0 Å². The molecule has 0 aliphatic heterocycles. The predicted octanol–water partition coefficient (Wildman–Crippen LogP) is 2.57. The maximum absolute atomic E-state index is 11.4. The standard InChI is InChI=1S/C21H20N4O3/c22-21(27)5-8-25-19-4-2-16(24-9-7-23-13-24)12-18(19)17-3-1-15(11-20(17)25)6-10-28-14-26/h1-4,7,9,11-14H,5-6,8,10H2,(H2,22,27). The van der Waals surface area contributed by atoms with Gasteiger partial charge in [-0.1, -0.05) is 12.1 Å². The molecule has 0 radical (unpaired) electrons. The van der Waals surface area contributed by atoms with E-state index >= 15 is 0 Å². The summed E-state index contributed by atoms with van der Waals surface area (Å²) in [4.78, 5) is 25.9. The number of fused-ring (bicyclic) bond motifs is 3. The van der Waals surface area contributed by atoms with Crippen molar-refractivity contribution in [3.8, 4) is 5.69 Å². The van der Waals surface area contributed by atoms with Gasteiger partial charge in [0.25, 0.3) is 6.47 Å². The number of carbonyl (C=O) groups is 2. The summed E-state index contributed by atoms with van der Waals surface area (Å²) in [5, 5.41) is 2.20. The average Bonchev–Trinajstić information content (AvgIpc) is 3.32. The first-order valence-corrected chi connectivity index (χ1v) is 9.04. The normalized spacial score (nSPS) is 11.1. The van der Waals surface area contributed by atoms with E-state index in [0.29, 0.717) is 26.0 Å². The van der Waals surface area contributed by atoms with Gasteiger partial charge >= 0.3 is 0 Å². The highest BCUT2D eigenvalue weighted by molar-refractivity contribution is 6.09. The first-order valence-electron chi connectivity index (χ1n) is 9.04. The molecule has 0 atom stereocenters. The molecule has 0 fully saturated rings. The Kier molecular flexibility index (Phi) is 4.80. The summed E-state index contributed by atoms with van der Waals surface area (Å²) in [6, 6.07) is 12.4. The minimum absolute atomic E-state index is 0.265. The summed E-state index contributed by atoms with van der Waals surface area (Å²) < 4.78 is 8.90. The number of hydrogen-bond acceptors (Lipinski definition) is 4. The lowest BCUT2D eigenvalue weighted by atomic mass is 10.1. The van der Waals surface area contributed by atoms with Crippen molar-refractivity contribution >= 4 is 34.2 Å². The van der Waals surface area contributed by atoms with Crippen LogP contribution in [0.5, 0.6) is 0 Å². The summed E-state index contributed by atoms with van der Waals surface area (Å²) in [5.74, 6) is -0.333. The third kappa shape index (κ3) is 3.34. The van der Waals surface area contributed by atoms with Crippen LogP contribution in [0.25, 0.3) is 27.5 Å². The minimum atomic E-state index is -0.333. The lowest BCUT2D eigenvalue weighted by Crippen LogP contribution is -2.13. The van der Waals surface area contributed by atoms with Gasteiger partial charge in [0.05, 0.1) is 12.9 Å². The number of rotatable bonds is 8. The van der Waals surface area contributed by atoms with E-state index in [-0.39, 0.29) is 12.3 Å². The summed E-state index contributed by atoms with van der Waals surface area (Å²) in [5.41, 5.74) is 9.54. The molecular weight excluding hydrogens is 356 g/mol. The molecule has 0 unspecified atom stereocenters. The maximum Gasteiger partial charge on any atom is 0.293 e. The Balaban J connectivity index is 1.85. The molecule has 0 saturated carbocycles. The molecule has 7 heteroatoms. The van der Waals surface area contributed by atoms with Crippen molar-refractivity contribution in [3.05, 3.63) is 60.7 Å². The number of aromatic nitrogens is 3. The second kappa shape index (κ2) is 7.56. The molecule has 28 heavy (non-hydrogen) atoms. The van der Waals surface area contributed by atoms with Gasteiger partial charge in [-0.25, -0.2) is 4.98 Å². The molecule has 4 rings (SSSR count). The van der Waals surface area contributed by atoms with E-state index in [0.717, 1.165) is 33.1 Å². The zero-order valence-corrected chi connectivity index (χ0v) is 15.2. The number of benzene rings is 2. The number of nitrogens with two attached hydrogens (primary N) is 1. The fourth-order valence-corrected chi connectivity index (χ4v) is 3.55. The van der Waals surface area contributed by atoms with Gasteiger partial charge in [0.2, 0.25) is 5.91 Å². The maximum atomic E-state index is 11.4. The molecule has 2 heterocycles. The highest BCUT2D eigenvalue weighted by Gasteiger charge is 2.13. The number of ether oxygens (including phenoxy) is 1. The molecule has 0 saturated heterocycles. The molecule has 1 amide bonds. The van der Waals surface area contributed by atoms with Gasteiger partial charge in [-0.15, -0.1) is 0 Å². The summed E-state index contributed by atoms with van der Waals surface area (Å²) in [6.45, 7) is 1.30. The van der Waals surface area contributed by atoms with Crippen LogP contribution in [0.15, 0.2) is 55.1 Å². The van der Waals surface area contributed by atoms with Crippen LogP contribution >= 0.6 is 0 Å². The van der Waals surface area contributed by atoms with E-state index in [9.17, 15) is 9.59 Å². The Labute approximate surface area is 161 Å². The minimum Gasteiger partial charge on any atom is -0.468 e. The van der Waals surface area contributed by atoms with Crippen LogP contribution in [-0.4, -0.2) is 33.1 Å². The van der Waals surface area contributed by atoms with Crippen molar-refractivity contribution in [3.63, 3.8) is 0 Å². The number of amides is 1. The van der Waals surface area contributed by atoms with Crippen molar-refractivity contribution in [2.75, 3.05) is 6.61 Å². The van der Waals surface area contributed by atoms with Crippen LogP contribution < -0.4 is 5.73 Å². The van der Waals surface area contributed by atoms with E-state index in [1.807, 2.05) is 22.9 Å². The fraction of sp³-hybridized carbons (Fsp3) is 0.190. The topological polar surface area (TPSA) is 92.1 Å². The van der Waals surface area contributed by atoms with Crippen molar-refractivity contribution in [1.82, 2.24) is 14.1 Å². The zero-order chi connectivity index (χ0) is 19.5. The van der Waals surface area contributed by atoms with Crippen molar-refractivity contribution < 1.29 is 14.3 Å². The van der Waals surface area contributed by atoms with Crippen LogP contribution in [0.4, 0.5) is 0 Å². The molecule has 0 aliphatic rings. The number of carbonyl (C=O) groups excluding carboxylic acids is 2. The van der Waals surface area contributed by atoms with Crippen LogP contribution in [0.2, 0.25) is 0 Å². The van der Waals surface area contributed by atoms with Crippen LogP contribution in [0, 0.1) is 0 Å². The van der Waals surface area contributed by atoms with E-state index in [1.54, 1.807) is 12.5 Å². The molecule has 0 spiro atoms. The average molecular weight is 376 g/mol. The molecule has 4 aromatic rings. The van der Waals surface area contributed by atoms with Gasteiger partial charge in [0, 0.05) is 59.3 Å². The Morgan fingerprint density at radius 1 is 1.14 bits per heavy atom. The fourth-order valence-electron chi connectivity index (χ4n) is 3.55. The van der Waals surface area contributed by atoms with Crippen molar-refractivity contribution in [2.24, 2.45) is 5.73 Å². The number of aryl methyl sites for hydroxylation is 1. The summed E-state index contributed by atoms with van der Waals surface area (Å²) in [7, 11) is 0. The van der Waals surface area contributed by atoms with Crippen LogP contribution in [0.1, 0.15) is 12.0 Å². The molecule has 2 aromatic carbocycles. The predicted molar refractivity (Wildman–Crippen MR) is 106 cm³/mol.